The number of aromatic nitrogens is 1. The summed E-state index contributed by atoms with van der Waals surface area (Å²) in [4.78, 5) is 7.01. The number of hydrogen-bond donors (Lipinski definition) is 3. The van der Waals surface area contributed by atoms with Crippen LogP contribution in [0.2, 0.25) is 0 Å². The van der Waals surface area contributed by atoms with Crippen molar-refractivity contribution >= 4 is 33.0 Å². The van der Waals surface area contributed by atoms with Gasteiger partial charge >= 0.3 is 0 Å². The van der Waals surface area contributed by atoms with Crippen molar-refractivity contribution in [3.05, 3.63) is 84.1 Å². The van der Waals surface area contributed by atoms with E-state index in [1.165, 1.54) is 31.5 Å². The Morgan fingerprint density at radius 1 is 0.971 bits per heavy atom. The number of hydrogen-bond acceptors (Lipinski definition) is 6. The minimum atomic E-state index is -2.62. The average Bonchev–Trinajstić information content (AvgIpc) is 3.38. The van der Waals surface area contributed by atoms with Crippen LogP contribution in [0.1, 0.15) is 24.0 Å². The summed E-state index contributed by atoms with van der Waals surface area (Å²) in [5, 5.41) is 14.7. The van der Waals surface area contributed by atoms with Crippen LogP contribution in [0.4, 0.5) is 11.4 Å². The van der Waals surface area contributed by atoms with Crippen molar-refractivity contribution in [3.63, 3.8) is 0 Å². The number of nitrogens with zero attached hydrogens (tertiary/aromatic N) is 2. The first kappa shape index (κ1) is 23.3. The molecule has 0 radical (unpaired) electrons. The van der Waals surface area contributed by atoms with E-state index < -0.39 is 10.7 Å². The minimum Gasteiger partial charge on any atom is -0.507 e. The molecule has 0 saturated carbocycles. The zero-order valence-corrected chi connectivity index (χ0v) is 20.4. The topological polar surface area (TPSA) is 82.5 Å². The molecule has 1 aromatic heterocycles. The van der Waals surface area contributed by atoms with Crippen molar-refractivity contribution in [2.75, 3.05) is 25.0 Å². The van der Waals surface area contributed by atoms with Gasteiger partial charge in [0.1, 0.15) is 16.5 Å². The number of para-hydroxylation sites is 1. The predicted octanol–water partition coefficient (Wildman–Crippen LogP) is 5.10. The smallest absolute Gasteiger partial charge is 0.144 e. The Kier molecular flexibility index (Phi) is 6.97. The Morgan fingerprint density at radius 3 is 2.60 bits per heavy atom. The van der Waals surface area contributed by atoms with Gasteiger partial charge < -0.3 is 15.3 Å². The Bertz CT molecular complexity index is 1420. The number of rotatable bonds is 8. The third kappa shape index (κ3) is 5.47. The lowest BCUT2D eigenvalue weighted by Gasteiger charge is -2.17. The lowest BCUT2D eigenvalue weighted by molar-refractivity contribution is 0.343. The predicted molar refractivity (Wildman–Crippen MR) is 142 cm³/mol. The van der Waals surface area contributed by atoms with Crippen LogP contribution in [0.15, 0.2) is 72.9 Å². The summed E-state index contributed by atoms with van der Waals surface area (Å²) in [6, 6.07) is 21.3. The number of phenols is 1. The van der Waals surface area contributed by atoms with Crippen LogP contribution in [0, 0.1) is 0 Å². The number of thiol groups is 1. The maximum atomic E-state index is 11.7. The van der Waals surface area contributed by atoms with Crippen LogP contribution >= 0.6 is 0 Å². The molecule has 35 heavy (non-hydrogen) atoms. The summed E-state index contributed by atoms with van der Waals surface area (Å²) in [7, 11) is -2.62. The highest BCUT2D eigenvalue weighted by Gasteiger charge is 2.14. The lowest BCUT2D eigenvalue weighted by Crippen LogP contribution is -2.21. The first-order valence-electron chi connectivity index (χ1n) is 12.0. The molecular formula is C28H29N3O3S. The Morgan fingerprint density at radius 2 is 1.80 bits per heavy atom. The number of benzene rings is 3. The molecule has 0 spiro atoms. The molecule has 0 bridgehead atoms. The van der Waals surface area contributed by atoms with Crippen molar-refractivity contribution in [2.45, 2.75) is 25.0 Å². The molecule has 0 amide bonds. The number of anilines is 2. The molecule has 0 aliphatic carbocycles. The third-order valence-corrected chi connectivity index (χ3v) is 7.17. The fraction of sp³-hybridized carbons (Fsp3) is 0.250. The van der Waals surface area contributed by atoms with E-state index in [1.54, 1.807) is 18.3 Å². The van der Waals surface area contributed by atoms with Gasteiger partial charge in [0.15, 0.2) is 0 Å². The second-order valence-corrected chi connectivity index (χ2v) is 10.0. The fourth-order valence-electron chi connectivity index (χ4n) is 4.77. The zero-order chi connectivity index (χ0) is 24.2. The highest BCUT2D eigenvalue weighted by molar-refractivity contribution is 7.71. The second-order valence-electron chi connectivity index (χ2n) is 9.02. The fourth-order valence-corrected chi connectivity index (χ4v) is 5.29. The van der Waals surface area contributed by atoms with Crippen molar-refractivity contribution in [2.24, 2.45) is 0 Å². The molecule has 1 saturated heterocycles. The maximum Gasteiger partial charge on any atom is 0.144 e. The number of aromatic hydroxyl groups is 1. The number of nitrogens with one attached hydrogen (secondary N) is 1. The van der Waals surface area contributed by atoms with Gasteiger partial charge in [0.25, 0.3) is 0 Å². The molecular weight excluding hydrogens is 458 g/mol. The van der Waals surface area contributed by atoms with E-state index in [1.807, 2.05) is 42.5 Å². The molecule has 7 heteroatoms. The largest absolute Gasteiger partial charge is 0.507 e. The first-order chi connectivity index (χ1) is 17.1. The molecule has 2 N–H and O–H groups in total. The van der Waals surface area contributed by atoms with Crippen LogP contribution < -0.4 is 5.32 Å². The average molecular weight is 488 g/mol. The number of fused-ring (bicyclic) bond motifs is 1. The first-order valence-corrected chi connectivity index (χ1v) is 13.3. The highest BCUT2D eigenvalue weighted by Crippen LogP contribution is 2.35. The summed E-state index contributed by atoms with van der Waals surface area (Å²) >= 11 is 0. The Hall–Kier alpha value is -3.42. The van der Waals surface area contributed by atoms with Gasteiger partial charge in [-0.1, -0.05) is 36.4 Å². The number of pyridine rings is 1. The Balaban J connectivity index is 1.52. The zero-order valence-electron chi connectivity index (χ0n) is 19.5. The van der Waals surface area contributed by atoms with Crippen LogP contribution in [0.5, 0.6) is 5.75 Å². The standard InChI is InChI=1S/C28H29N3O3S/c32-27-9-2-1-8-24(27)21-10-11-26-25(17-21)28(22(18-29-26)19-35(33)34)30-23-7-5-6-20(16-23)12-15-31-13-3-4-14-31/h1-2,5-11,16-18,32,35H,3-4,12-15,19H2,(H,29,30). The number of phenolic OH excluding ortho intramolecular Hbond substituents is 1. The van der Waals surface area contributed by atoms with Crippen molar-refractivity contribution in [1.82, 2.24) is 9.88 Å². The van der Waals surface area contributed by atoms with Gasteiger partial charge in [-0.25, -0.2) is 8.42 Å². The molecule has 2 heterocycles. The van der Waals surface area contributed by atoms with E-state index in [-0.39, 0.29) is 11.5 Å². The third-order valence-electron chi connectivity index (χ3n) is 6.57. The van der Waals surface area contributed by atoms with Crippen LogP contribution in [-0.2, 0) is 22.9 Å². The van der Waals surface area contributed by atoms with Crippen molar-refractivity contribution < 1.29 is 13.5 Å². The lowest BCUT2D eigenvalue weighted by atomic mass is 10.0. The van der Waals surface area contributed by atoms with Gasteiger partial charge in [0, 0.05) is 34.9 Å². The summed E-state index contributed by atoms with van der Waals surface area (Å²) in [5.41, 5.74) is 5.79. The normalized spacial score (nSPS) is 14.1. The van der Waals surface area contributed by atoms with Crippen LogP contribution in [-0.4, -0.2) is 43.0 Å². The monoisotopic (exact) mass is 487 g/mol. The summed E-state index contributed by atoms with van der Waals surface area (Å²) in [6.07, 6.45) is 5.17. The summed E-state index contributed by atoms with van der Waals surface area (Å²) in [5.74, 6) is 0.0922. The van der Waals surface area contributed by atoms with Crippen molar-refractivity contribution in [3.8, 4) is 16.9 Å². The number of likely N-dealkylation sites (tertiary alicyclic amines) is 1. The quantitative estimate of drug-likeness (QED) is 0.300. The van der Waals surface area contributed by atoms with E-state index in [0.29, 0.717) is 11.1 Å². The van der Waals surface area contributed by atoms with Crippen LogP contribution in [0.25, 0.3) is 22.0 Å². The molecule has 1 aliphatic rings. The van der Waals surface area contributed by atoms with Crippen LogP contribution in [0.3, 0.4) is 0 Å². The van der Waals surface area contributed by atoms with Crippen molar-refractivity contribution in [1.29, 1.82) is 0 Å². The van der Waals surface area contributed by atoms with E-state index in [2.05, 4.69) is 27.3 Å². The minimum absolute atomic E-state index is 0.101. The second kappa shape index (κ2) is 10.5. The van der Waals surface area contributed by atoms with E-state index in [0.717, 1.165) is 40.8 Å². The molecule has 1 fully saturated rings. The van der Waals surface area contributed by atoms with E-state index in [9.17, 15) is 13.5 Å². The molecule has 5 rings (SSSR count). The molecule has 0 unspecified atom stereocenters. The van der Waals surface area contributed by atoms with E-state index >= 15 is 0 Å². The SMILES string of the molecule is O=[SH](=O)Cc1cnc2ccc(-c3ccccc3O)cc2c1Nc1cccc(CCN2CCCC2)c1. The van der Waals surface area contributed by atoms with Gasteiger partial charge in [-0.3, -0.25) is 4.98 Å². The molecule has 0 atom stereocenters. The molecule has 180 valence electrons. The summed E-state index contributed by atoms with van der Waals surface area (Å²) < 4.78 is 23.3. The Labute approximate surface area is 207 Å². The van der Waals surface area contributed by atoms with Gasteiger partial charge in [-0.05, 0) is 73.8 Å². The maximum absolute atomic E-state index is 11.7. The van der Waals surface area contributed by atoms with Gasteiger partial charge in [-0.15, -0.1) is 0 Å². The van der Waals surface area contributed by atoms with Gasteiger partial charge in [0.2, 0.25) is 0 Å². The molecule has 1 aliphatic heterocycles. The van der Waals surface area contributed by atoms with Gasteiger partial charge in [0.05, 0.1) is 17.0 Å². The summed E-state index contributed by atoms with van der Waals surface area (Å²) in [6.45, 7) is 3.40. The molecule has 4 aromatic rings. The molecule has 3 aromatic carbocycles. The van der Waals surface area contributed by atoms with Gasteiger partial charge in [-0.2, -0.15) is 0 Å². The molecule has 6 nitrogen and oxygen atoms in total. The highest BCUT2D eigenvalue weighted by atomic mass is 32.2. The van der Waals surface area contributed by atoms with E-state index in [4.69, 9.17) is 0 Å².